The molecule has 0 fully saturated rings. The molecule has 0 saturated heterocycles. The highest BCUT2D eigenvalue weighted by Crippen LogP contribution is 2.32. The molecule has 0 spiro atoms. The van der Waals surface area contributed by atoms with Crippen LogP contribution in [0, 0.1) is 0 Å². The fraction of sp³-hybridized carbons (Fsp3) is 0.158. The van der Waals surface area contributed by atoms with Crippen molar-refractivity contribution in [2.45, 2.75) is 6.42 Å². The van der Waals surface area contributed by atoms with Gasteiger partial charge in [-0.2, -0.15) is 0 Å². The number of hydrogen-bond donors (Lipinski definition) is 1. The lowest BCUT2D eigenvalue weighted by Crippen LogP contribution is -2.44. The number of carbonyl (C=O) groups is 1. The molecule has 1 aromatic heterocycles. The van der Waals surface area contributed by atoms with Crippen molar-refractivity contribution in [3.05, 3.63) is 81.4 Å². The molecule has 1 amide bonds. The van der Waals surface area contributed by atoms with E-state index in [1.807, 2.05) is 36.3 Å². The zero-order valence-electron chi connectivity index (χ0n) is 14.0. The van der Waals surface area contributed by atoms with Crippen LogP contribution in [-0.4, -0.2) is 34.5 Å². The Kier molecular flexibility index (Phi) is 4.44. The normalized spacial score (nSPS) is 17.3. The Morgan fingerprint density at radius 2 is 1.96 bits per heavy atom. The first-order chi connectivity index (χ1) is 12.5. The number of nitrogens with one attached hydrogen (secondary N) is 1. The molecule has 1 aromatic carbocycles. The number of likely N-dealkylation sites (N-methyl/N-ethyl adjacent to an activating group) is 1. The number of aromatic nitrogens is 1. The number of nitrogens with zero attached hydrogens (tertiary/aromatic N) is 3. The molecule has 1 N–H and O–H groups in total. The van der Waals surface area contributed by atoms with Crippen LogP contribution >= 0.6 is 23.2 Å². The Balaban J connectivity index is 1.71. The maximum Gasteiger partial charge on any atom is 0.268 e. The van der Waals surface area contributed by atoms with Gasteiger partial charge in [-0.25, -0.2) is 10.0 Å². The van der Waals surface area contributed by atoms with Gasteiger partial charge >= 0.3 is 0 Å². The minimum Gasteiger partial charge on any atom is -0.340 e. The van der Waals surface area contributed by atoms with E-state index >= 15 is 0 Å². The number of hydrazine groups is 1. The molecule has 2 aromatic rings. The Bertz CT molecular complexity index is 940. The maximum atomic E-state index is 12.7. The molecule has 0 aliphatic carbocycles. The van der Waals surface area contributed by atoms with Gasteiger partial charge in [0.25, 0.3) is 5.91 Å². The summed E-state index contributed by atoms with van der Waals surface area (Å²) in [4.78, 5) is 16.7. The van der Waals surface area contributed by atoms with Crippen LogP contribution in [0.3, 0.4) is 0 Å². The average Bonchev–Trinajstić information content (AvgIpc) is 2.96. The van der Waals surface area contributed by atoms with Crippen molar-refractivity contribution in [3.8, 4) is 0 Å². The Morgan fingerprint density at radius 3 is 2.73 bits per heavy atom. The predicted molar refractivity (Wildman–Crippen MR) is 102 cm³/mol. The topological polar surface area (TPSA) is 48.5 Å². The number of benzene rings is 1. The van der Waals surface area contributed by atoms with E-state index in [0.717, 1.165) is 28.2 Å². The van der Waals surface area contributed by atoms with Crippen molar-refractivity contribution >= 4 is 34.8 Å². The first kappa shape index (κ1) is 17.1. The quantitative estimate of drug-likeness (QED) is 0.876. The number of fused-ring (bicyclic) bond motifs is 1. The van der Waals surface area contributed by atoms with E-state index in [0.29, 0.717) is 23.0 Å². The molecule has 2 aliphatic rings. The van der Waals surface area contributed by atoms with Crippen molar-refractivity contribution < 1.29 is 4.79 Å². The lowest BCUT2D eigenvalue weighted by atomic mass is 10.0. The molecule has 3 heterocycles. The molecule has 132 valence electrons. The van der Waals surface area contributed by atoms with Crippen molar-refractivity contribution in [1.82, 2.24) is 20.3 Å². The van der Waals surface area contributed by atoms with Crippen LogP contribution in [0.25, 0.3) is 5.70 Å². The summed E-state index contributed by atoms with van der Waals surface area (Å²) in [6, 6.07) is 9.34. The smallest absolute Gasteiger partial charge is 0.268 e. The molecule has 5 nitrogen and oxygen atoms in total. The van der Waals surface area contributed by atoms with Crippen LogP contribution in [0.4, 0.5) is 0 Å². The van der Waals surface area contributed by atoms with Gasteiger partial charge < -0.3 is 5.32 Å². The lowest BCUT2D eigenvalue weighted by molar-refractivity contribution is -0.135. The van der Waals surface area contributed by atoms with Crippen LogP contribution in [0.2, 0.25) is 10.0 Å². The summed E-state index contributed by atoms with van der Waals surface area (Å²) in [5.41, 5.74) is 3.68. The van der Waals surface area contributed by atoms with E-state index in [9.17, 15) is 4.79 Å². The minimum atomic E-state index is -0.0831. The molecule has 0 unspecified atom stereocenters. The molecule has 0 saturated carbocycles. The zero-order chi connectivity index (χ0) is 18.3. The first-order valence-corrected chi connectivity index (χ1v) is 8.89. The highest BCUT2D eigenvalue weighted by Gasteiger charge is 2.35. The number of pyridine rings is 1. The zero-order valence-corrected chi connectivity index (χ0v) is 15.6. The highest BCUT2D eigenvalue weighted by molar-refractivity contribution is 6.42. The summed E-state index contributed by atoms with van der Waals surface area (Å²) in [5, 5.41) is 8.02. The number of hydrogen-bond acceptors (Lipinski definition) is 4. The molecule has 0 radical (unpaired) electrons. The van der Waals surface area contributed by atoms with Crippen LogP contribution in [-0.2, 0) is 11.2 Å². The first-order valence-electron chi connectivity index (χ1n) is 8.14. The van der Waals surface area contributed by atoms with E-state index in [1.54, 1.807) is 29.5 Å². The SMILES string of the molecule is CN1CC(Cc2cccc(Cl)c2Cl)=C2NC(c3ccncc3)=CC(=O)N21. The largest absolute Gasteiger partial charge is 0.340 e. The van der Waals surface area contributed by atoms with E-state index in [2.05, 4.69) is 10.3 Å². The number of amides is 1. The van der Waals surface area contributed by atoms with Crippen LogP contribution in [0.5, 0.6) is 0 Å². The predicted octanol–water partition coefficient (Wildman–Crippen LogP) is 3.48. The fourth-order valence-corrected chi connectivity index (χ4v) is 3.64. The second kappa shape index (κ2) is 6.76. The molecule has 0 bridgehead atoms. The van der Waals surface area contributed by atoms with Crippen molar-refractivity contribution in [3.63, 3.8) is 0 Å². The van der Waals surface area contributed by atoms with Gasteiger partial charge in [-0.3, -0.25) is 9.78 Å². The molecule has 2 aliphatic heterocycles. The molecule has 0 atom stereocenters. The van der Waals surface area contributed by atoms with Crippen LogP contribution < -0.4 is 5.32 Å². The van der Waals surface area contributed by atoms with E-state index < -0.39 is 0 Å². The van der Waals surface area contributed by atoms with E-state index in [4.69, 9.17) is 23.2 Å². The summed E-state index contributed by atoms with van der Waals surface area (Å²) < 4.78 is 0. The van der Waals surface area contributed by atoms with Gasteiger partial charge in [0.2, 0.25) is 0 Å². The molecule has 7 heteroatoms. The highest BCUT2D eigenvalue weighted by atomic mass is 35.5. The van der Waals surface area contributed by atoms with Crippen molar-refractivity contribution in [1.29, 1.82) is 0 Å². The van der Waals surface area contributed by atoms with Crippen LogP contribution in [0.1, 0.15) is 11.1 Å². The van der Waals surface area contributed by atoms with Gasteiger partial charge in [0.1, 0.15) is 5.82 Å². The number of carbonyl (C=O) groups excluding carboxylic acids is 1. The van der Waals surface area contributed by atoms with Gasteiger partial charge in [-0.15, -0.1) is 0 Å². The molecular weight excluding hydrogens is 371 g/mol. The third-order valence-corrected chi connectivity index (χ3v) is 5.32. The standard InChI is InChI=1S/C19H16Cl2N4O/c1-24-11-14(9-13-3-2-4-15(20)18(13)21)19-23-16(10-17(26)25(19)24)12-5-7-22-8-6-12/h2-8,10,23H,9,11H2,1H3. The van der Waals surface area contributed by atoms with Crippen molar-refractivity contribution in [2.75, 3.05) is 13.6 Å². The molecular formula is C19H16Cl2N4O. The second-order valence-corrected chi connectivity index (χ2v) is 7.01. The second-order valence-electron chi connectivity index (χ2n) is 6.23. The number of rotatable bonds is 3. The Labute approximate surface area is 161 Å². The third kappa shape index (κ3) is 2.98. The van der Waals surface area contributed by atoms with Gasteiger partial charge in [0.05, 0.1) is 15.7 Å². The van der Waals surface area contributed by atoms with Crippen LogP contribution in [0.15, 0.2) is 60.2 Å². The summed E-state index contributed by atoms with van der Waals surface area (Å²) in [5.74, 6) is 0.697. The number of halogens is 2. The summed E-state index contributed by atoms with van der Waals surface area (Å²) in [7, 11) is 1.89. The van der Waals surface area contributed by atoms with E-state index in [-0.39, 0.29) is 5.91 Å². The van der Waals surface area contributed by atoms with Gasteiger partial charge in [0.15, 0.2) is 0 Å². The average molecular weight is 387 g/mol. The van der Waals surface area contributed by atoms with Crippen molar-refractivity contribution in [2.24, 2.45) is 0 Å². The Morgan fingerprint density at radius 1 is 1.19 bits per heavy atom. The third-order valence-electron chi connectivity index (χ3n) is 4.46. The van der Waals surface area contributed by atoms with E-state index in [1.165, 1.54) is 0 Å². The maximum absolute atomic E-state index is 12.7. The monoisotopic (exact) mass is 386 g/mol. The summed E-state index contributed by atoms with van der Waals surface area (Å²) >= 11 is 12.5. The van der Waals surface area contributed by atoms with Gasteiger partial charge in [-0.05, 0) is 29.3 Å². The summed E-state index contributed by atoms with van der Waals surface area (Å²) in [6.07, 6.45) is 5.62. The molecule has 4 rings (SSSR count). The summed E-state index contributed by atoms with van der Waals surface area (Å²) in [6.45, 7) is 0.633. The van der Waals surface area contributed by atoms with Gasteiger partial charge in [-0.1, -0.05) is 35.3 Å². The van der Waals surface area contributed by atoms with Gasteiger partial charge in [0, 0.05) is 44.0 Å². The fourth-order valence-electron chi connectivity index (χ4n) is 3.25. The lowest BCUT2D eigenvalue weighted by Gasteiger charge is -2.31. The minimum absolute atomic E-state index is 0.0831. The Hall–Kier alpha value is -2.34. The molecule has 26 heavy (non-hydrogen) atoms.